The average Bonchev–Trinajstić information content (AvgIpc) is 2.75. The molecule has 0 atom stereocenters. The number of nitrogens with one attached hydrogen (secondary N) is 1. The van der Waals surface area contributed by atoms with Gasteiger partial charge in [0, 0.05) is 11.4 Å². The summed E-state index contributed by atoms with van der Waals surface area (Å²) in [6.45, 7) is 5.09. The Morgan fingerprint density at radius 3 is 2.24 bits per heavy atom. The Balaban J connectivity index is 1.43. The zero-order valence-corrected chi connectivity index (χ0v) is 13.9. The monoisotopic (exact) mass is 303 g/mol. The molecule has 5 rings (SSSR count). The molecule has 1 heterocycles. The Morgan fingerprint density at radius 2 is 1.76 bits per heavy atom. The fourth-order valence-corrected chi connectivity index (χ4v) is 6.50. The van der Waals surface area contributed by atoms with Gasteiger partial charge in [0.15, 0.2) is 0 Å². The predicted octanol–water partition coefficient (Wildman–Crippen LogP) is 4.31. The molecule has 4 aliphatic carbocycles. The van der Waals surface area contributed by atoms with Crippen LogP contribution in [0.2, 0.25) is 0 Å². The van der Waals surface area contributed by atoms with Gasteiger partial charge in [-0.2, -0.15) is 0 Å². The van der Waals surface area contributed by atoms with Gasteiger partial charge in [0.2, 0.25) is 0 Å². The molecule has 4 saturated carbocycles. The highest BCUT2D eigenvalue weighted by Gasteiger charge is 2.50. The molecule has 0 spiro atoms. The lowest BCUT2D eigenvalue weighted by molar-refractivity contribution is -0.0503. The van der Waals surface area contributed by atoms with Crippen molar-refractivity contribution in [3.8, 4) is 0 Å². The van der Waals surface area contributed by atoms with Gasteiger partial charge in [-0.25, -0.2) is 0 Å². The summed E-state index contributed by atoms with van der Waals surface area (Å²) in [4.78, 5) is 14.5. The molecule has 0 saturated heterocycles. The maximum Gasteiger partial charge on any atom is 0.261 e. The highest BCUT2D eigenvalue weighted by Crippen LogP contribution is 2.59. The van der Waals surface area contributed by atoms with Crippen LogP contribution in [0.3, 0.4) is 0 Å². The van der Waals surface area contributed by atoms with E-state index in [1.807, 2.05) is 6.07 Å². The first-order valence-electron chi connectivity index (χ1n) is 8.38. The molecule has 0 unspecified atom stereocenters. The van der Waals surface area contributed by atoms with E-state index in [1.54, 1.807) is 11.3 Å². The largest absolute Gasteiger partial charge is 0.351 e. The maximum absolute atomic E-state index is 12.4. The number of thiophene rings is 1. The van der Waals surface area contributed by atoms with Crippen molar-refractivity contribution in [2.75, 3.05) is 6.54 Å². The van der Waals surface area contributed by atoms with Crippen molar-refractivity contribution in [1.29, 1.82) is 0 Å². The van der Waals surface area contributed by atoms with E-state index in [2.05, 4.69) is 19.2 Å². The Hall–Kier alpha value is -0.830. The van der Waals surface area contributed by atoms with Crippen LogP contribution in [-0.2, 0) is 0 Å². The number of hydrogen-bond donors (Lipinski definition) is 1. The molecule has 0 aliphatic heterocycles. The second-order valence-corrected chi connectivity index (χ2v) is 9.21. The van der Waals surface area contributed by atoms with Crippen molar-refractivity contribution in [3.05, 3.63) is 21.4 Å². The van der Waals surface area contributed by atoms with Crippen LogP contribution in [0.4, 0.5) is 0 Å². The predicted molar refractivity (Wildman–Crippen MR) is 86.7 cm³/mol. The lowest BCUT2D eigenvalue weighted by Crippen LogP contribution is -2.51. The minimum atomic E-state index is 0.145. The lowest BCUT2D eigenvalue weighted by atomic mass is 9.49. The number of amides is 1. The molecule has 1 aromatic heterocycles. The Morgan fingerprint density at radius 1 is 1.19 bits per heavy atom. The van der Waals surface area contributed by atoms with Crippen molar-refractivity contribution >= 4 is 17.2 Å². The van der Waals surface area contributed by atoms with E-state index in [4.69, 9.17) is 0 Å². The molecule has 1 N–H and O–H groups in total. The van der Waals surface area contributed by atoms with Crippen molar-refractivity contribution in [1.82, 2.24) is 5.32 Å². The van der Waals surface area contributed by atoms with Gasteiger partial charge in [-0.1, -0.05) is 0 Å². The highest BCUT2D eigenvalue weighted by atomic mass is 32.1. The molecule has 21 heavy (non-hydrogen) atoms. The van der Waals surface area contributed by atoms with Gasteiger partial charge < -0.3 is 5.32 Å². The second-order valence-electron chi connectivity index (χ2n) is 7.95. The summed E-state index contributed by atoms with van der Waals surface area (Å²) in [7, 11) is 0. The van der Waals surface area contributed by atoms with Gasteiger partial charge in [0.25, 0.3) is 5.91 Å². The maximum atomic E-state index is 12.4. The third kappa shape index (κ3) is 2.44. The van der Waals surface area contributed by atoms with Crippen LogP contribution in [0, 0.1) is 37.0 Å². The first-order valence-corrected chi connectivity index (χ1v) is 9.20. The Labute approximate surface area is 131 Å². The molecule has 3 heteroatoms. The molecular weight excluding hydrogens is 278 g/mol. The van der Waals surface area contributed by atoms with Gasteiger partial charge >= 0.3 is 0 Å². The van der Waals surface area contributed by atoms with E-state index in [0.29, 0.717) is 5.41 Å². The third-order valence-corrected chi connectivity index (χ3v) is 7.33. The van der Waals surface area contributed by atoms with Crippen LogP contribution >= 0.6 is 11.3 Å². The molecule has 0 aromatic carbocycles. The molecule has 4 bridgehead atoms. The van der Waals surface area contributed by atoms with Crippen LogP contribution in [-0.4, -0.2) is 12.5 Å². The summed E-state index contributed by atoms with van der Waals surface area (Å²) >= 11 is 1.63. The van der Waals surface area contributed by atoms with Gasteiger partial charge in [-0.05, 0) is 87.2 Å². The number of aryl methyl sites for hydroxylation is 2. The Kier molecular flexibility index (Phi) is 3.18. The van der Waals surface area contributed by atoms with Crippen LogP contribution in [0.25, 0.3) is 0 Å². The molecule has 1 aromatic rings. The van der Waals surface area contributed by atoms with Crippen LogP contribution < -0.4 is 5.32 Å². The molecule has 4 aliphatic rings. The summed E-state index contributed by atoms with van der Waals surface area (Å²) in [5, 5.41) is 3.27. The van der Waals surface area contributed by atoms with Crippen molar-refractivity contribution in [3.63, 3.8) is 0 Å². The van der Waals surface area contributed by atoms with Gasteiger partial charge in [-0.3, -0.25) is 4.79 Å². The van der Waals surface area contributed by atoms with Crippen LogP contribution in [0.5, 0.6) is 0 Å². The minimum absolute atomic E-state index is 0.145. The zero-order chi connectivity index (χ0) is 14.6. The first kappa shape index (κ1) is 13.8. The number of carbonyl (C=O) groups excluding carboxylic acids is 1. The number of hydrogen-bond acceptors (Lipinski definition) is 2. The fraction of sp³-hybridized carbons (Fsp3) is 0.722. The number of rotatable bonds is 3. The zero-order valence-electron chi connectivity index (χ0n) is 13.1. The molecule has 0 radical (unpaired) electrons. The third-order valence-electron chi connectivity index (χ3n) is 6.18. The van der Waals surface area contributed by atoms with E-state index in [9.17, 15) is 4.79 Å². The second kappa shape index (κ2) is 4.84. The van der Waals surface area contributed by atoms with Crippen molar-refractivity contribution < 1.29 is 4.79 Å². The SMILES string of the molecule is Cc1cc(C(=O)NCC23CC4CC(CC(C4)C2)C3)sc1C. The molecule has 114 valence electrons. The van der Waals surface area contributed by atoms with Gasteiger partial charge in [0.1, 0.15) is 0 Å². The molecule has 1 amide bonds. The smallest absolute Gasteiger partial charge is 0.261 e. The van der Waals surface area contributed by atoms with Crippen LogP contribution in [0.15, 0.2) is 6.07 Å². The fourth-order valence-electron chi connectivity index (χ4n) is 5.55. The first-order chi connectivity index (χ1) is 10.0. The molecular formula is C18H25NOS. The standard InChI is InChI=1S/C18H25NOS/c1-11-3-16(21-12(11)2)17(20)19-10-18-7-13-4-14(8-18)6-15(5-13)9-18/h3,13-15H,4-10H2,1-2H3,(H,19,20). The van der Waals surface area contributed by atoms with Crippen molar-refractivity contribution in [2.45, 2.75) is 52.4 Å². The van der Waals surface area contributed by atoms with E-state index in [-0.39, 0.29) is 5.91 Å². The quantitative estimate of drug-likeness (QED) is 0.885. The molecule has 4 fully saturated rings. The van der Waals surface area contributed by atoms with Gasteiger partial charge in [-0.15, -0.1) is 11.3 Å². The van der Waals surface area contributed by atoms with E-state index >= 15 is 0 Å². The van der Waals surface area contributed by atoms with E-state index < -0.39 is 0 Å². The average molecular weight is 303 g/mol. The normalized spacial score (nSPS) is 37.0. The summed E-state index contributed by atoms with van der Waals surface area (Å²) in [5.74, 6) is 3.02. The summed E-state index contributed by atoms with van der Waals surface area (Å²) in [5.41, 5.74) is 1.67. The lowest BCUT2D eigenvalue weighted by Gasteiger charge is -2.56. The van der Waals surface area contributed by atoms with E-state index in [0.717, 1.165) is 29.2 Å². The van der Waals surface area contributed by atoms with Gasteiger partial charge in [0.05, 0.1) is 4.88 Å². The number of carbonyl (C=O) groups is 1. The van der Waals surface area contributed by atoms with E-state index in [1.165, 1.54) is 49.0 Å². The highest BCUT2D eigenvalue weighted by molar-refractivity contribution is 7.14. The summed E-state index contributed by atoms with van der Waals surface area (Å²) < 4.78 is 0. The minimum Gasteiger partial charge on any atom is -0.351 e. The molecule has 2 nitrogen and oxygen atoms in total. The van der Waals surface area contributed by atoms with Crippen LogP contribution in [0.1, 0.15) is 58.6 Å². The van der Waals surface area contributed by atoms with Crippen molar-refractivity contribution in [2.24, 2.45) is 23.2 Å². The topological polar surface area (TPSA) is 29.1 Å². The summed E-state index contributed by atoms with van der Waals surface area (Å²) in [6.07, 6.45) is 8.49. The Bertz CT molecular complexity index is 519. The summed E-state index contributed by atoms with van der Waals surface area (Å²) in [6, 6.07) is 2.04.